The van der Waals surface area contributed by atoms with Gasteiger partial charge in [0, 0.05) is 19.1 Å². The summed E-state index contributed by atoms with van der Waals surface area (Å²) in [6.45, 7) is 2.76. The lowest BCUT2D eigenvalue weighted by Gasteiger charge is -2.50. The molecule has 2 aliphatic rings. The molecule has 2 rings (SSSR count). The van der Waals surface area contributed by atoms with E-state index in [-0.39, 0.29) is 0 Å². The lowest BCUT2D eigenvalue weighted by atomic mass is 9.82. The van der Waals surface area contributed by atoms with Crippen LogP contribution < -0.4 is 5.32 Å². The highest BCUT2D eigenvalue weighted by Gasteiger charge is 2.45. The van der Waals surface area contributed by atoms with E-state index < -0.39 is 5.60 Å². The minimum Gasteiger partial charge on any atom is -0.386 e. The first kappa shape index (κ1) is 8.48. The Balaban J connectivity index is 1.90. The summed E-state index contributed by atoms with van der Waals surface area (Å²) >= 11 is 0. The number of nitrogens with zero attached hydrogens (tertiary/aromatic N) is 1. The van der Waals surface area contributed by atoms with Crippen LogP contribution in [-0.2, 0) is 0 Å². The number of rotatable bonds is 1. The first-order chi connectivity index (χ1) is 5.71. The summed E-state index contributed by atoms with van der Waals surface area (Å²) in [5.41, 5.74) is -0.421. The van der Waals surface area contributed by atoms with Crippen LogP contribution in [0.1, 0.15) is 19.3 Å². The van der Waals surface area contributed by atoms with E-state index in [4.69, 9.17) is 0 Å². The second kappa shape index (κ2) is 2.98. The van der Waals surface area contributed by atoms with Crippen molar-refractivity contribution < 1.29 is 5.11 Å². The molecule has 0 aromatic heterocycles. The maximum Gasteiger partial charge on any atom is 0.105 e. The molecule has 0 unspecified atom stereocenters. The van der Waals surface area contributed by atoms with Crippen LogP contribution in [0.25, 0.3) is 0 Å². The zero-order valence-electron chi connectivity index (χ0n) is 7.71. The van der Waals surface area contributed by atoms with Crippen molar-refractivity contribution >= 4 is 0 Å². The van der Waals surface area contributed by atoms with Crippen molar-refractivity contribution in [3.05, 3.63) is 0 Å². The van der Waals surface area contributed by atoms with E-state index in [2.05, 4.69) is 17.3 Å². The molecule has 0 aromatic rings. The van der Waals surface area contributed by atoms with Gasteiger partial charge in [-0.1, -0.05) is 6.42 Å². The van der Waals surface area contributed by atoms with Crippen LogP contribution in [-0.4, -0.2) is 48.3 Å². The topological polar surface area (TPSA) is 35.5 Å². The Morgan fingerprint density at radius 3 is 2.67 bits per heavy atom. The molecule has 2 fully saturated rings. The van der Waals surface area contributed by atoms with Gasteiger partial charge < -0.3 is 15.3 Å². The molecule has 70 valence electrons. The molecule has 0 spiro atoms. The Hall–Kier alpha value is -0.120. The van der Waals surface area contributed by atoms with Crippen molar-refractivity contribution in [2.45, 2.75) is 30.9 Å². The summed E-state index contributed by atoms with van der Waals surface area (Å²) in [6, 6.07) is 0.349. The number of hydrogen-bond donors (Lipinski definition) is 2. The zero-order valence-corrected chi connectivity index (χ0v) is 7.71. The molecule has 2 saturated heterocycles. The quantitative estimate of drug-likeness (QED) is 0.572. The van der Waals surface area contributed by atoms with E-state index in [9.17, 15) is 5.11 Å². The predicted molar refractivity (Wildman–Crippen MR) is 48.1 cm³/mol. The van der Waals surface area contributed by atoms with Crippen LogP contribution in [0.15, 0.2) is 0 Å². The average molecular weight is 170 g/mol. The fourth-order valence-corrected chi connectivity index (χ4v) is 2.42. The molecule has 2 N–H and O–H groups in total. The standard InChI is InChI=1S/C9H18N2O/c1-11-6-9(12,7-11)8-4-2-3-5-10-8/h8,10,12H,2-7H2,1H3/t8-/m1/s1. The number of aliphatic hydroxyl groups is 1. The van der Waals surface area contributed by atoms with E-state index in [1.54, 1.807) is 0 Å². The van der Waals surface area contributed by atoms with Gasteiger partial charge in [-0.2, -0.15) is 0 Å². The predicted octanol–water partition coefficient (Wildman–Crippen LogP) is -0.195. The second-order valence-electron chi connectivity index (χ2n) is 4.28. The molecule has 0 amide bonds. The van der Waals surface area contributed by atoms with Gasteiger partial charge in [0.2, 0.25) is 0 Å². The molecule has 3 nitrogen and oxygen atoms in total. The normalized spacial score (nSPS) is 36.0. The lowest BCUT2D eigenvalue weighted by molar-refractivity contribution is -0.114. The molecule has 0 bridgehead atoms. The molecule has 0 aromatic carbocycles. The Labute approximate surface area is 73.8 Å². The lowest BCUT2D eigenvalue weighted by Crippen LogP contribution is -2.69. The molecule has 0 radical (unpaired) electrons. The summed E-state index contributed by atoms with van der Waals surface area (Å²) in [7, 11) is 2.05. The maximum atomic E-state index is 10.1. The van der Waals surface area contributed by atoms with Crippen LogP contribution in [0.5, 0.6) is 0 Å². The summed E-state index contributed by atoms with van der Waals surface area (Å²) < 4.78 is 0. The molecule has 2 heterocycles. The van der Waals surface area contributed by atoms with Crippen LogP contribution in [0.4, 0.5) is 0 Å². The number of piperidine rings is 1. The molecule has 1 atom stereocenters. The molecular formula is C9H18N2O. The highest BCUT2D eigenvalue weighted by Crippen LogP contribution is 2.27. The number of β-amino-alcohol motifs (C(OH)–C–C–N with tert-alkyl or cyclic N) is 1. The number of nitrogens with one attached hydrogen (secondary N) is 1. The third-order valence-electron chi connectivity index (χ3n) is 3.05. The van der Waals surface area contributed by atoms with Gasteiger partial charge in [-0.05, 0) is 26.4 Å². The first-order valence-corrected chi connectivity index (χ1v) is 4.85. The smallest absolute Gasteiger partial charge is 0.105 e. The van der Waals surface area contributed by atoms with Crippen molar-refractivity contribution in [2.75, 3.05) is 26.7 Å². The fourth-order valence-electron chi connectivity index (χ4n) is 2.42. The van der Waals surface area contributed by atoms with E-state index >= 15 is 0 Å². The summed E-state index contributed by atoms with van der Waals surface area (Å²) in [4.78, 5) is 2.16. The largest absolute Gasteiger partial charge is 0.386 e. The third kappa shape index (κ3) is 1.37. The van der Waals surface area contributed by atoms with E-state index in [1.165, 1.54) is 12.8 Å². The van der Waals surface area contributed by atoms with Gasteiger partial charge in [-0.25, -0.2) is 0 Å². The van der Waals surface area contributed by atoms with Crippen molar-refractivity contribution in [3.8, 4) is 0 Å². The molecule has 0 saturated carbocycles. The Morgan fingerprint density at radius 1 is 1.42 bits per heavy atom. The monoisotopic (exact) mass is 170 g/mol. The summed E-state index contributed by atoms with van der Waals surface area (Å²) in [6.07, 6.45) is 3.68. The van der Waals surface area contributed by atoms with Crippen LogP contribution in [0, 0.1) is 0 Å². The van der Waals surface area contributed by atoms with Gasteiger partial charge in [0.15, 0.2) is 0 Å². The van der Waals surface area contributed by atoms with Crippen LogP contribution in [0.2, 0.25) is 0 Å². The van der Waals surface area contributed by atoms with Crippen LogP contribution >= 0.6 is 0 Å². The molecule has 12 heavy (non-hydrogen) atoms. The van der Waals surface area contributed by atoms with Gasteiger partial charge in [0.25, 0.3) is 0 Å². The number of likely N-dealkylation sites (N-methyl/N-ethyl adjacent to an activating group) is 1. The molecular weight excluding hydrogens is 152 g/mol. The van der Waals surface area contributed by atoms with Crippen molar-refractivity contribution in [1.82, 2.24) is 10.2 Å². The number of likely N-dealkylation sites (tertiary alicyclic amines) is 1. The second-order valence-corrected chi connectivity index (χ2v) is 4.28. The van der Waals surface area contributed by atoms with Gasteiger partial charge >= 0.3 is 0 Å². The Bertz CT molecular complexity index is 160. The maximum absolute atomic E-state index is 10.1. The minimum absolute atomic E-state index is 0.349. The van der Waals surface area contributed by atoms with Crippen LogP contribution in [0.3, 0.4) is 0 Å². The fraction of sp³-hybridized carbons (Fsp3) is 1.00. The van der Waals surface area contributed by atoms with Gasteiger partial charge in [-0.15, -0.1) is 0 Å². The van der Waals surface area contributed by atoms with Gasteiger partial charge in [0.05, 0.1) is 0 Å². The van der Waals surface area contributed by atoms with Crippen molar-refractivity contribution in [1.29, 1.82) is 0 Å². The molecule has 2 aliphatic heterocycles. The van der Waals surface area contributed by atoms with Gasteiger partial charge in [-0.3, -0.25) is 0 Å². The highest BCUT2D eigenvalue weighted by atomic mass is 16.3. The molecule has 3 heteroatoms. The Morgan fingerprint density at radius 2 is 2.17 bits per heavy atom. The third-order valence-corrected chi connectivity index (χ3v) is 3.05. The van der Waals surface area contributed by atoms with E-state index in [1.807, 2.05) is 0 Å². The van der Waals surface area contributed by atoms with E-state index in [0.29, 0.717) is 6.04 Å². The minimum atomic E-state index is -0.421. The van der Waals surface area contributed by atoms with Crippen molar-refractivity contribution in [2.24, 2.45) is 0 Å². The highest BCUT2D eigenvalue weighted by molar-refractivity contribution is 5.03. The summed E-state index contributed by atoms with van der Waals surface area (Å²) in [5, 5.41) is 13.5. The SMILES string of the molecule is CN1CC(O)([C@H]2CCCCN2)C1. The zero-order chi connectivity index (χ0) is 8.60. The van der Waals surface area contributed by atoms with E-state index in [0.717, 1.165) is 26.1 Å². The average Bonchev–Trinajstić information content (AvgIpc) is 2.04. The Kier molecular flexibility index (Phi) is 2.10. The summed E-state index contributed by atoms with van der Waals surface area (Å²) in [5.74, 6) is 0. The number of hydrogen-bond acceptors (Lipinski definition) is 3. The van der Waals surface area contributed by atoms with Crippen molar-refractivity contribution in [3.63, 3.8) is 0 Å². The first-order valence-electron chi connectivity index (χ1n) is 4.85. The molecule has 0 aliphatic carbocycles. The van der Waals surface area contributed by atoms with Gasteiger partial charge in [0.1, 0.15) is 5.60 Å².